The number of carbonyl (C=O) groups excluding carboxylic acids is 1. The maximum Gasteiger partial charge on any atom is 0.305 e. The van der Waals surface area contributed by atoms with E-state index in [0.29, 0.717) is 30.0 Å². The molecule has 5 atom stereocenters. The highest BCUT2D eigenvalue weighted by Gasteiger charge is 2.64. The highest BCUT2D eigenvalue weighted by molar-refractivity contribution is 7.44. The van der Waals surface area contributed by atoms with Crippen molar-refractivity contribution in [3.05, 3.63) is 12.7 Å². The number of aliphatic imine (C=N–C) groups is 1. The van der Waals surface area contributed by atoms with E-state index in [1.165, 1.54) is 90.5 Å². The quantitative estimate of drug-likeness (QED) is 0.0169. The van der Waals surface area contributed by atoms with Crippen LogP contribution in [-0.2, 0) is 32.9 Å². The van der Waals surface area contributed by atoms with E-state index in [9.17, 15) is 10.1 Å². The van der Waals surface area contributed by atoms with Crippen LogP contribution in [0, 0.1) is 11.3 Å². The van der Waals surface area contributed by atoms with Crippen LogP contribution >= 0.6 is 8.53 Å². The fourth-order valence-corrected chi connectivity index (χ4v) is 8.67. The molecule has 17 heteroatoms. The lowest BCUT2D eigenvalue weighted by molar-refractivity contribution is -0.243. The Kier molecular flexibility index (Phi) is 22.5. The van der Waals surface area contributed by atoms with Gasteiger partial charge in [-0.15, -0.1) is 0 Å². The summed E-state index contributed by atoms with van der Waals surface area (Å²) in [7, 11) is 7.56. The second-order valence-corrected chi connectivity index (χ2v) is 17.9. The zero-order valence-electron chi connectivity index (χ0n) is 36.8. The Hall–Kier alpha value is -2.87. The molecule has 0 radical (unpaired) electrons. The number of imidazole rings is 1. The van der Waals surface area contributed by atoms with Crippen molar-refractivity contribution < 1.29 is 32.9 Å². The number of hydrogen-bond acceptors (Lipinski definition) is 14. The van der Waals surface area contributed by atoms with Gasteiger partial charge in [-0.05, 0) is 33.4 Å². The first kappa shape index (κ1) is 48.8. The number of hydroxylamine groups is 2. The Bertz CT molecular complexity index is 1560. The van der Waals surface area contributed by atoms with Crippen LogP contribution in [-0.4, -0.2) is 132 Å². The van der Waals surface area contributed by atoms with Crippen molar-refractivity contribution in [2.75, 3.05) is 68.2 Å². The van der Waals surface area contributed by atoms with Crippen molar-refractivity contribution in [2.45, 2.75) is 153 Å². The molecular formula is C42H72N9O7P. The molecule has 2 bridgehead atoms. The van der Waals surface area contributed by atoms with Crippen molar-refractivity contribution in [3.63, 3.8) is 0 Å². The summed E-state index contributed by atoms with van der Waals surface area (Å²) in [5, 5.41) is 11.3. The van der Waals surface area contributed by atoms with Crippen LogP contribution in [0.15, 0.2) is 17.6 Å². The lowest BCUT2D eigenvalue weighted by atomic mass is 10.0. The standard InChI is InChI=1S/C42H72N9O7P/c1-7-8-9-22-27-50(28-23-20-18-16-14-12-10-11-13-15-17-19-21-25-35(52)53-6)55-31-42-30-54-37(38(42)58-59(49(4)5)56-29-24-26-43)41(57-42)51-34-46-36-39(47-33-48(2)3)44-32-45-40(36)51/h32-34,37-38,41H,7-25,27-31H2,1-6H3/t37?,38?,41-,42-,59?/m1/s1. The molecule has 2 aliphatic heterocycles. The number of nitriles is 1. The second kappa shape index (κ2) is 27.2. The number of ether oxygens (including phenoxy) is 3. The molecule has 0 spiro atoms. The summed E-state index contributed by atoms with van der Waals surface area (Å²) in [6, 6.07) is 2.15. The number of rotatable bonds is 33. The van der Waals surface area contributed by atoms with Crippen molar-refractivity contribution >= 4 is 37.8 Å². The van der Waals surface area contributed by atoms with Crippen LogP contribution in [0.2, 0.25) is 0 Å². The van der Waals surface area contributed by atoms with Gasteiger partial charge in [-0.25, -0.2) is 24.6 Å². The molecule has 4 heterocycles. The summed E-state index contributed by atoms with van der Waals surface area (Å²) in [4.78, 5) is 37.9. The monoisotopic (exact) mass is 846 g/mol. The maximum atomic E-state index is 11.2. The predicted molar refractivity (Wildman–Crippen MR) is 230 cm³/mol. The molecule has 16 nitrogen and oxygen atoms in total. The van der Waals surface area contributed by atoms with E-state index in [1.54, 1.807) is 12.7 Å². The number of fused-ring (bicyclic) bond motifs is 3. The lowest BCUT2D eigenvalue weighted by Crippen LogP contribution is -2.48. The fourth-order valence-electron chi connectivity index (χ4n) is 7.43. The van der Waals surface area contributed by atoms with Gasteiger partial charge in [0.25, 0.3) is 8.53 Å². The average Bonchev–Trinajstić information content (AvgIpc) is 3.91. The molecule has 2 aliphatic rings. The van der Waals surface area contributed by atoms with Crippen molar-refractivity contribution in [1.82, 2.24) is 34.2 Å². The highest BCUT2D eigenvalue weighted by Crippen LogP contribution is 2.54. The van der Waals surface area contributed by atoms with Gasteiger partial charge in [0.1, 0.15) is 30.7 Å². The van der Waals surface area contributed by atoms with E-state index in [0.717, 1.165) is 45.2 Å². The van der Waals surface area contributed by atoms with Crippen molar-refractivity contribution in [1.29, 1.82) is 5.26 Å². The smallest absolute Gasteiger partial charge is 0.305 e. The molecule has 0 amide bonds. The Labute approximate surface area is 354 Å². The van der Waals surface area contributed by atoms with Crippen LogP contribution in [0.3, 0.4) is 0 Å². The first-order valence-corrected chi connectivity index (χ1v) is 23.1. The number of hydrogen-bond donors (Lipinski definition) is 0. The van der Waals surface area contributed by atoms with Crippen molar-refractivity contribution in [3.8, 4) is 6.07 Å². The third kappa shape index (κ3) is 15.8. The van der Waals surface area contributed by atoms with Gasteiger partial charge < -0.3 is 28.2 Å². The maximum absolute atomic E-state index is 11.2. The number of esters is 1. The zero-order valence-corrected chi connectivity index (χ0v) is 37.7. The molecule has 2 saturated heterocycles. The topological polar surface area (TPSA) is 162 Å². The van der Waals surface area contributed by atoms with E-state index in [2.05, 4.69) is 38.0 Å². The summed E-state index contributed by atoms with van der Waals surface area (Å²) >= 11 is 0. The number of methoxy groups -OCH3 is 1. The van der Waals surface area contributed by atoms with Gasteiger partial charge >= 0.3 is 5.97 Å². The van der Waals surface area contributed by atoms with Gasteiger partial charge in [-0.2, -0.15) is 10.3 Å². The number of carbonyl (C=O) groups is 1. The molecule has 332 valence electrons. The molecule has 4 rings (SSSR count). The van der Waals surface area contributed by atoms with E-state index in [4.69, 9.17) is 28.1 Å². The minimum absolute atomic E-state index is 0.0987. The molecule has 0 aliphatic carbocycles. The van der Waals surface area contributed by atoms with Gasteiger partial charge in [0.2, 0.25) is 0 Å². The van der Waals surface area contributed by atoms with E-state index in [1.807, 2.05) is 42.3 Å². The number of aromatic nitrogens is 4. The molecule has 0 saturated carbocycles. The third-order valence-electron chi connectivity index (χ3n) is 10.7. The van der Waals surface area contributed by atoms with E-state index >= 15 is 0 Å². The Morgan fingerprint density at radius 2 is 1.61 bits per heavy atom. The van der Waals surface area contributed by atoms with Gasteiger partial charge in [-0.1, -0.05) is 96.8 Å². The summed E-state index contributed by atoms with van der Waals surface area (Å²) in [5.74, 6) is 0.365. The summed E-state index contributed by atoms with van der Waals surface area (Å²) in [6.45, 7) is 4.74. The Morgan fingerprint density at radius 1 is 0.966 bits per heavy atom. The lowest BCUT2D eigenvalue weighted by Gasteiger charge is -2.34. The van der Waals surface area contributed by atoms with Gasteiger partial charge in [0.15, 0.2) is 23.2 Å². The van der Waals surface area contributed by atoms with Crippen molar-refractivity contribution in [2.24, 2.45) is 4.99 Å². The third-order valence-corrected chi connectivity index (χ3v) is 12.2. The minimum atomic E-state index is -1.52. The number of unbranched alkanes of at least 4 members (excludes halogenated alkanes) is 15. The molecule has 0 aromatic carbocycles. The Morgan fingerprint density at radius 3 is 2.22 bits per heavy atom. The SMILES string of the molecule is CCCCCCN(CCCCCCCCCCCCCCCC(=O)OC)OC[C@]12COC(C1OP(OCCC#N)N(C)C)[C@H](n1cnc3c(N=CN(C)C)ncnc31)O2. The fraction of sp³-hybridized carbons (Fsp3) is 0.810. The minimum Gasteiger partial charge on any atom is -0.469 e. The summed E-state index contributed by atoms with van der Waals surface area (Å²) in [6.07, 6.45) is 24.4. The van der Waals surface area contributed by atoms with Crippen LogP contribution in [0.1, 0.15) is 135 Å². The Balaban J connectivity index is 1.34. The second-order valence-electron chi connectivity index (χ2n) is 16.1. The van der Waals surface area contributed by atoms with Gasteiger partial charge in [-0.3, -0.25) is 14.2 Å². The molecule has 2 aromatic rings. The van der Waals surface area contributed by atoms with E-state index < -0.39 is 32.6 Å². The van der Waals surface area contributed by atoms with Gasteiger partial charge in [0, 0.05) is 33.6 Å². The predicted octanol–water partition coefficient (Wildman–Crippen LogP) is 8.27. The largest absolute Gasteiger partial charge is 0.469 e. The zero-order chi connectivity index (χ0) is 42.3. The first-order chi connectivity index (χ1) is 28.7. The van der Waals surface area contributed by atoms with Crippen LogP contribution in [0.4, 0.5) is 5.82 Å². The van der Waals surface area contributed by atoms with Gasteiger partial charge in [0.05, 0.1) is 45.5 Å². The van der Waals surface area contributed by atoms with Crippen LogP contribution in [0.25, 0.3) is 11.2 Å². The molecule has 59 heavy (non-hydrogen) atoms. The van der Waals surface area contributed by atoms with E-state index in [-0.39, 0.29) is 25.6 Å². The van der Waals surface area contributed by atoms with Crippen LogP contribution < -0.4 is 0 Å². The molecule has 3 unspecified atom stereocenters. The normalized spacial score (nSPS) is 20.7. The summed E-state index contributed by atoms with van der Waals surface area (Å²) < 4.78 is 34.8. The molecule has 2 aromatic heterocycles. The molecule has 0 N–H and O–H groups in total. The highest BCUT2D eigenvalue weighted by atomic mass is 31.2. The molecular weight excluding hydrogens is 773 g/mol. The molecule has 2 fully saturated rings. The average molecular weight is 846 g/mol. The van der Waals surface area contributed by atoms with Crippen LogP contribution in [0.5, 0.6) is 0 Å². The number of nitrogens with zero attached hydrogens (tertiary/aromatic N) is 9. The summed E-state index contributed by atoms with van der Waals surface area (Å²) in [5.41, 5.74) is 0.219. The first-order valence-electron chi connectivity index (χ1n) is 22.0.